The lowest BCUT2D eigenvalue weighted by Gasteiger charge is -2.36. The normalized spacial score (nSPS) is 17.9. The van der Waals surface area contributed by atoms with Gasteiger partial charge in [0, 0.05) is 36.7 Å². The van der Waals surface area contributed by atoms with Gasteiger partial charge in [0.25, 0.3) is 0 Å². The first-order valence-corrected chi connectivity index (χ1v) is 11.6. The Balaban J connectivity index is 1.34. The van der Waals surface area contributed by atoms with Crippen LogP contribution in [0.1, 0.15) is 35.2 Å². The van der Waals surface area contributed by atoms with Crippen LogP contribution in [0.25, 0.3) is 10.9 Å². The largest absolute Gasteiger partial charge is 0.497 e. The van der Waals surface area contributed by atoms with Crippen LogP contribution in [0.15, 0.2) is 73.4 Å². The van der Waals surface area contributed by atoms with E-state index in [-0.39, 0.29) is 24.4 Å². The van der Waals surface area contributed by atoms with Crippen LogP contribution >= 0.6 is 0 Å². The molecule has 1 saturated heterocycles. The van der Waals surface area contributed by atoms with Crippen molar-refractivity contribution in [3.63, 3.8) is 0 Å². The SMILES string of the molecule is C=C[C@H]1CN(C(=O)OCc2ccccc2)CC[C@H]1CCC(=O)c1ccnc2ccc(OC)cc12. The van der Waals surface area contributed by atoms with Crippen molar-refractivity contribution in [1.29, 1.82) is 0 Å². The summed E-state index contributed by atoms with van der Waals surface area (Å²) < 4.78 is 10.8. The molecule has 3 aromatic rings. The second-order valence-electron chi connectivity index (χ2n) is 8.64. The summed E-state index contributed by atoms with van der Waals surface area (Å²) in [5.74, 6) is 1.21. The number of hydrogen-bond acceptors (Lipinski definition) is 5. The number of hydrogen-bond donors (Lipinski definition) is 0. The number of amides is 1. The Hall–Kier alpha value is -3.67. The number of pyridine rings is 1. The quantitative estimate of drug-likeness (QED) is 0.321. The molecule has 2 heterocycles. The first-order chi connectivity index (χ1) is 16.6. The van der Waals surface area contributed by atoms with Gasteiger partial charge in [-0.05, 0) is 54.5 Å². The van der Waals surface area contributed by atoms with Crippen molar-refractivity contribution in [3.05, 3.63) is 84.6 Å². The predicted octanol–water partition coefficient (Wildman–Crippen LogP) is 5.67. The van der Waals surface area contributed by atoms with Crippen LogP contribution in [-0.4, -0.2) is 42.0 Å². The van der Waals surface area contributed by atoms with Crippen molar-refractivity contribution in [2.75, 3.05) is 20.2 Å². The van der Waals surface area contributed by atoms with Gasteiger partial charge in [0.05, 0.1) is 12.6 Å². The molecule has 6 heteroatoms. The molecular formula is C28H30N2O4. The van der Waals surface area contributed by atoms with E-state index >= 15 is 0 Å². The highest BCUT2D eigenvalue weighted by Gasteiger charge is 2.31. The molecule has 0 unspecified atom stereocenters. The zero-order valence-electron chi connectivity index (χ0n) is 19.5. The molecule has 0 bridgehead atoms. The van der Waals surface area contributed by atoms with E-state index in [2.05, 4.69) is 11.6 Å². The van der Waals surface area contributed by atoms with E-state index in [1.54, 1.807) is 24.3 Å². The second-order valence-corrected chi connectivity index (χ2v) is 8.64. The van der Waals surface area contributed by atoms with Crippen molar-refractivity contribution in [1.82, 2.24) is 9.88 Å². The van der Waals surface area contributed by atoms with E-state index in [9.17, 15) is 9.59 Å². The van der Waals surface area contributed by atoms with Gasteiger partial charge in [-0.15, -0.1) is 6.58 Å². The Kier molecular flexibility index (Phi) is 7.58. The van der Waals surface area contributed by atoms with Crippen LogP contribution in [0.2, 0.25) is 0 Å². The Morgan fingerprint density at radius 3 is 2.76 bits per heavy atom. The summed E-state index contributed by atoms with van der Waals surface area (Å²) in [7, 11) is 1.61. The van der Waals surface area contributed by atoms with Gasteiger partial charge >= 0.3 is 6.09 Å². The van der Waals surface area contributed by atoms with Gasteiger partial charge in [-0.2, -0.15) is 0 Å². The summed E-state index contributed by atoms with van der Waals surface area (Å²) in [6, 6.07) is 17.0. The molecule has 6 nitrogen and oxygen atoms in total. The van der Waals surface area contributed by atoms with Crippen LogP contribution in [0.3, 0.4) is 0 Å². The number of benzene rings is 2. The van der Waals surface area contributed by atoms with Gasteiger partial charge in [0.1, 0.15) is 12.4 Å². The summed E-state index contributed by atoms with van der Waals surface area (Å²) in [5.41, 5.74) is 2.41. The summed E-state index contributed by atoms with van der Waals surface area (Å²) in [6.45, 7) is 5.42. The fourth-order valence-electron chi connectivity index (χ4n) is 4.58. The van der Waals surface area contributed by atoms with Gasteiger partial charge < -0.3 is 14.4 Å². The Labute approximate surface area is 200 Å². The third-order valence-corrected chi connectivity index (χ3v) is 6.56. The minimum absolute atomic E-state index is 0.0909. The highest BCUT2D eigenvalue weighted by Crippen LogP contribution is 2.30. The lowest BCUT2D eigenvalue weighted by molar-refractivity contribution is 0.0694. The molecule has 0 radical (unpaired) electrons. The number of fused-ring (bicyclic) bond motifs is 1. The first-order valence-electron chi connectivity index (χ1n) is 11.6. The molecule has 34 heavy (non-hydrogen) atoms. The number of rotatable bonds is 8. The fourth-order valence-corrected chi connectivity index (χ4v) is 4.58. The third-order valence-electron chi connectivity index (χ3n) is 6.56. The van der Waals surface area contributed by atoms with Gasteiger partial charge in [-0.25, -0.2) is 4.79 Å². The van der Waals surface area contributed by atoms with Crippen molar-refractivity contribution in [3.8, 4) is 5.75 Å². The molecule has 0 saturated carbocycles. The Bertz CT molecular complexity index is 1160. The summed E-state index contributed by atoms with van der Waals surface area (Å²) >= 11 is 0. The van der Waals surface area contributed by atoms with Crippen LogP contribution in [0.4, 0.5) is 4.79 Å². The summed E-state index contributed by atoms with van der Waals surface area (Å²) in [5, 5.41) is 0.808. The number of nitrogens with zero attached hydrogens (tertiary/aromatic N) is 2. The van der Waals surface area contributed by atoms with E-state index < -0.39 is 0 Å². The van der Waals surface area contributed by atoms with Gasteiger partial charge in [-0.3, -0.25) is 9.78 Å². The monoisotopic (exact) mass is 458 g/mol. The highest BCUT2D eigenvalue weighted by molar-refractivity contribution is 6.07. The standard InChI is InChI=1S/C28H30N2O4/c1-3-21-18-30(28(32)34-19-20-7-5-4-6-8-20)16-14-22(21)9-12-27(31)24-13-15-29-26-11-10-23(33-2)17-25(24)26/h3-8,10-11,13,15,17,21-22H,1,9,12,14,16,18-19H2,2H3/t21-,22+/m0/s1. The van der Waals surface area contributed by atoms with Gasteiger partial charge in [0.2, 0.25) is 0 Å². The van der Waals surface area contributed by atoms with Crippen molar-refractivity contribution in [2.24, 2.45) is 11.8 Å². The molecule has 2 aromatic carbocycles. The summed E-state index contributed by atoms with van der Waals surface area (Å²) in [4.78, 5) is 31.8. The number of ketones is 1. The number of likely N-dealkylation sites (tertiary alicyclic amines) is 1. The van der Waals surface area contributed by atoms with E-state index in [1.165, 1.54) is 0 Å². The average molecular weight is 459 g/mol. The maximum Gasteiger partial charge on any atom is 0.410 e. The lowest BCUT2D eigenvalue weighted by Crippen LogP contribution is -2.43. The summed E-state index contributed by atoms with van der Waals surface area (Å²) in [6.07, 6.45) is 5.27. The maximum atomic E-state index is 13.1. The van der Waals surface area contributed by atoms with Crippen LogP contribution in [-0.2, 0) is 11.3 Å². The molecule has 4 rings (SSSR count). The van der Waals surface area contributed by atoms with Gasteiger partial charge in [-0.1, -0.05) is 36.4 Å². The molecular weight excluding hydrogens is 428 g/mol. The molecule has 1 amide bonds. The molecule has 176 valence electrons. The van der Waals surface area contributed by atoms with E-state index in [1.807, 2.05) is 54.6 Å². The van der Waals surface area contributed by atoms with Crippen LogP contribution < -0.4 is 4.74 Å². The second kappa shape index (κ2) is 11.0. The van der Waals surface area contributed by atoms with Gasteiger partial charge in [0.15, 0.2) is 5.78 Å². The van der Waals surface area contributed by atoms with Crippen LogP contribution in [0, 0.1) is 11.8 Å². The molecule has 0 aliphatic carbocycles. The zero-order valence-corrected chi connectivity index (χ0v) is 19.5. The van der Waals surface area contributed by atoms with Crippen molar-refractivity contribution >= 4 is 22.8 Å². The minimum Gasteiger partial charge on any atom is -0.497 e. The molecule has 1 aromatic heterocycles. The number of piperidine rings is 1. The minimum atomic E-state index is -0.303. The number of aromatic nitrogens is 1. The van der Waals surface area contributed by atoms with E-state index in [0.29, 0.717) is 36.7 Å². The smallest absolute Gasteiger partial charge is 0.410 e. The fraction of sp³-hybridized carbons (Fsp3) is 0.321. The number of methoxy groups -OCH3 is 1. The number of ether oxygens (including phenoxy) is 2. The van der Waals surface area contributed by atoms with E-state index in [4.69, 9.17) is 9.47 Å². The Morgan fingerprint density at radius 1 is 1.18 bits per heavy atom. The molecule has 0 spiro atoms. The third kappa shape index (κ3) is 5.45. The van der Waals surface area contributed by atoms with Crippen LogP contribution in [0.5, 0.6) is 5.75 Å². The molecule has 1 aliphatic rings. The topological polar surface area (TPSA) is 68.7 Å². The lowest BCUT2D eigenvalue weighted by atomic mass is 9.81. The number of carbonyl (C=O) groups excluding carboxylic acids is 2. The molecule has 0 N–H and O–H groups in total. The highest BCUT2D eigenvalue weighted by atomic mass is 16.6. The zero-order chi connectivity index (χ0) is 23.9. The molecule has 2 atom stereocenters. The molecule has 1 aliphatic heterocycles. The van der Waals surface area contributed by atoms with Crippen molar-refractivity contribution < 1.29 is 19.1 Å². The number of Topliss-reactive ketones (excluding diaryl/α,β-unsaturated/α-hetero) is 1. The maximum absolute atomic E-state index is 13.1. The Morgan fingerprint density at radius 2 is 2.00 bits per heavy atom. The van der Waals surface area contributed by atoms with E-state index in [0.717, 1.165) is 29.3 Å². The average Bonchev–Trinajstić information content (AvgIpc) is 2.90. The predicted molar refractivity (Wildman–Crippen MR) is 132 cm³/mol. The number of carbonyl (C=O) groups is 2. The molecule has 1 fully saturated rings. The van der Waals surface area contributed by atoms with Crippen molar-refractivity contribution in [2.45, 2.75) is 25.9 Å². The first kappa shape index (κ1) is 23.5.